The predicted molar refractivity (Wildman–Crippen MR) is 90.4 cm³/mol. The van der Waals surface area contributed by atoms with E-state index in [0.29, 0.717) is 10.6 Å². The lowest BCUT2D eigenvalue weighted by Gasteiger charge is -2.21. The van der Waals surface area contributed by atoms with Gasteiger partial charge in [-0.3, -0.25) is 9.59 Å². The van der Waals surface area contributed by atoms with Crippen molar-refractivity contribution < 1.29 is 19.1 Å². The largest absolute Gasteiger partial charge is 0.456 e. The van der Waals surface area contributed by atoms with Crippen LogP contribution < -0.4 is 16.4 Å². The molecule has 3 amide bonds. The maximum absolute atomic E-state index is 12.0. The molecule has 1 atom stereocenters. The van der Waals surface area contributed by atoms with Gasteiger partial charge in [0.05, 0.1) is 12.5 Å². The van der Waals surface area contributed by atoms with Crippen molar-refractivity contribution in [3.05, 3.63) is 34.9 Å². The average molecular weight is 356 g/mol. The number of amides is 3. The Bertz CT molecular complexity index is 614. The molecule has 0 aliphatic rings. The summed E-state index contributed by atoms with van der Waals surface area (Å²) in [7, 11) is 0. The molecule has 4 N–H and O–H groups in total. The summed E-state index contributed by atoms with van der Waals surface area (Å²) in [6.45, 7) is 5.05. The van der Waals surface area contributed by atoms with E-state index < -0.39 is 36.1 Å². The third kappa shape index (κ3) is 7.32. The van der Waals surface area contributed by atoms with Crippen molar-refractivity contribution in [3.8, 4) is 0 Å². The molecule has 24 heavy (non-hydrogen) atoms. The number of carbonyl (C=O) groups is 3. The molecule has 0 aliphatic heterocycles. The zero-order valence-corrected chi connectivity index (χ0v) is 14.6. The van der Waals surface area contributed by atoms with E-state index in [9.17, 15) is 14.4 Å². The van der Waals surface area contributed by atoms with Crippen molar-refractivity contribution in [2.75, 3.05) is 6.61 Å². The monoisotopic (exact) mass is 355 g/mol. The van der Waals surface area contributed by atoms with Crippen molar-refractivity contribution in [1.82, 2.24) is 10.6 Å². The maximum atomic E-state index is 12.0. The van der Waals surface area contributed by atoms with Crippen molar-refractivity contribution in [3.63, 3.8) is 0 Å². The fourth-order valence-corrected chi connectivity index (χ4v) is 2.26. The van der Waals surface area contributed by atoms with Crippen molar-refractivity contribution in [1.29, 1.82) is 0 Å². The molecule has 1 aromatic carbocycles. The lowest BCUT2D eigenvalue weighted by atomic mass is 10.0. The van der Waals surface area contributed by atoms with Gasteiger partial charge in [0, 0.05) is 10.6 Å². The van der Waals surface area contributed by atoms with Crippen LogP contribution in [0.4, 0.5) is 4.79 Å². The minimum Gasteiger partial charge on any atom is -0.456 e. The van der Waals surface area contributed by atoms with Gasteiger partial charge in [-0.1, -0.05) is 29.8 Å². The van der Waals surface area contributed by atoms with E-state index in [0.717, 1.165) is 0 Å². The summed E-state index contributed by atoms with van der Waals surface area (Å²) in [4.78, 5) is 34.8. The number of primary amides is 1. The number of nitrogens with two attached hydrogens (primary N) is 1. The molecule has 1 aromatic rings. The number of nitrogens with one attached hydrogen (secondary N) is 2. The number of esters is 1. The maximum Gasteiger partial charge on any atom is 0.312 e. The van der Waals surface area contributed by atoms with Gasteiger partial charge in [0.15, 0.2) is 6.61 Å². The molecule has 0 bridgehead atoms. The first-order chi connectivity index (χ1) is 11.1. The van der Waals surface area contributed by atoms with E-state index in [1.807, 2.05) is 20.8 Å². The van der Waals surface area contributed by atoms with Gasteiger partial charge in [-0.2, -0.15) is 0 Å². The number of benzene rings is 1. The normalized spacial score (nSPS) is 12.2. The molecule has 0 unspecified atom stereocenters. The summed E-state index contributed by atoms with van der Waals surface area (Å²) in [5.74, 6) is -1.06. The Labute approximate surface area is 145 Å². The Balaban J connectivity index is 2.67. The Morgan fingerprint density at radius 1 is 1.25 bits per heavy atom. The van der Waals surface area contributed by atoms with Gasteiger partial charge >= 0.3 is 12.0 Å². The first kappa shape index (κ1) is 19.8. The molecule has 0 aromatic heterocycles. The van der Waals surface area contributed by atoms with Crippen LogP contribution in [0, 0.1) is 0 Å². The summed E-state index contributed by atoms with van der Waals surface area (Å²) in [6, 6.07) is 5.21. The summed E-state index contributed by atoms with van der Waals surface area (Å²) >= 11 is 6.08. The summed E-state index contributed by atoms with van der Waals surface area (Å²) in [5.41, 5.74) is 5.26. The molecule has 0 fully saturated rings. The molecular formula is C16H22ClN3O4. The molecule has 0 saturated heterocycles. The second kappa shape index (κ2) is 8.54. The Morgan fingerprint density at radius 2 is 1.88 bits per heavy atom. The standard InChI is InChI=1S/C16H22ClN3O4/c1-16(2,3)20-13(21)9-24-14(22)8-12(19-15(18)23)10-6-4-5-7-11(10)17/h4-7,12H,8-9H2,1-3H3,(H,20,21)(H3,18,19,23)/t12-/m1/s1. The smallest absolute Gasteiger partial charge is 0.312 e. The third-order valence-corrected chi connectivity index (χ3v) is 3.19. The lowest BCUT2D eigenvalue weighted by molar-refractivity contribution is -0.149. The highest BCUT2D eigenvalue weighted by Crippen LogP contribution is 2.25. The Hall–Kier alpha value is -2.28. The van der Waals surface area contributed by atoms with E-state index in [2.05, 4.69) is 10.6 Å². The molecule has 132 valence electrons. The van der Waals surface area contributed by atoms with Crippen molar-refractivity contribution in [2.24, 2.45) is 5.73 Å². The molecule has 0 heterocycles. The predicted octanol–water partition coefficient (Wildman–Crippen LogP) is 1.90. The zero-order chi connectivity index (χ0) is 18.3. The summed E-state index contributed by atoms with van der Waals surface area (Å²) < 4.78 is 4.94. The number of carbonyl (C=O) groups excluding carboxylic acids is 3. The van der Waals surface area contributed by atoms with E-state index >= 15 is 0 Å². The second-order valence-electron chi connectivity index (χ2n) is 6.25. The molecule has 7 nitrogen and oxygen atoms in total. The Kier molecular flexibility index (Phi) is 7.03. The first-order valence-corrected chi connectivity index (χ1v) is 7.73. The first-order valence-electron chi connectivity index (χ1n) is 7.35. The number of hydrogen-bond acceptors (Lipinski definition) is 4. The van der Waals surface area contributed by atoms with Crippen LogP contribution in [0.2, 0.25) is 5.02 Å². The van der Waals surface area contributed by atoms with Gasteiger partial charge in [-0.05, 0) is 32.4 Å². The highest BCUT2D eigenvalue weighted by molar-refractivity contribution is 6.31. The van der Waals surface area contributed by atoms with Crippen LogP contribution >= 0.6 is 11.6 Å². The van der Waals surface area contributed by atoms with Crippen molar-refractivity contribution >= 4 is 29.5 Å². The summed E-state index contributed by atoms with van der Waals surface area (Å²) in [5, 5.41) is 5.50. The topological polar surface area (TPSA) is 111 Å². The number of urea groups is 1. The Morgan fingerprint density at radius 3 is 2.42 bits per heavy atom. The minimum absolute atomic E-state index is 0.199. The van der Waals surface area contributed by atoms with Crippen LogP contribution in [-0.2, 0) is 14.3 Å². The van der Waals surface area contributed by atoms with Crippen LogP contribution in [0.5, 0.6) is 0 Å². The van der Waals surface area contributed by atoms with E-state index in [-0.39, 0.29) is 6.42 Å². The fourth-order valence-electron chi connectivity index (χ4n) is 1.99. The molecule has 0 saturated carbocycles. The van der Waals surface area contributed by atoms with E-state index in [4.69, 9.17) is 22.1 Å². The minimum atomic E-state index is -0.793. The van der Waals surface area contributed by atoms with Crippen LogP contribution in [0.3, 0.4) is 0 Å². The zero-order valence-electron chi connectivity index (χ0n) is 13.9. The third-order valence-electron chi connectivity index (χ3n) is 2.85. The highest BCUT2D eigenvalue weighted by atomic mass is 35.5. The fraction of sp³-hybridized carbons (Fsp3) is 0.438. The molecular weight excluding hydrogens is 334 g/mol. The molecule has 0 aliphatic carbocycles. The number of halogens is 1. The average Bonchev–Trinajstić information content (AvgIpc) is 2.42. The molecule has 0 spiro atoms. The second-order valence-corrected chi connectivity index (χ2v) is 6.65. The van der Waals surface area contributed by atoms with Crippen LogP contribution in [0.15, 0.2) is 24.3 Å². The van der Waals surface area contributed by atoms with Crippen LogP contribution in [0.1, 0.15) is 38.8 Å². The van der Waals surface area contributed by atoms with E-state index in [1.165, 1.54) is 0 Å². The molecule has 8 heteroatoms. The molecule has 0 radical (unpaired) electrons. The van der Waals surface area contributed by atoms with Crippen LogP contribution in [0.25, 0.3) is 0 Å². The van der Waals surface area contributed by atoms with Crippen molar-refractivity contribution in [2.45, 2.75) is 38.8 Å². The quantitative estimate of drug-likeness (QED) is 0.677. The van der Waals surface area contributed by atoms with Gasteiger partial charge in [0.2, 0.25) is 0 Å². The van der Waals surface area contributed by atoms with Crippen LogP contribution in [-0.4, -0.2) is 30.1 Å². The van der Waals surface area contributed by atoms with Gasteiger partial charge in [-0.15, -0.1) is 0 Å². The highest BCUT2D eigenvalue weighted by Gasteiger charge is 2.22. The lowest BCUT2D eigenvalue weighted by Crippen LogP contribution is -2.43. The summed E-state index contributed by atoms with van der Waals surface area (Å²) in [6.07, 6.45) is -0.199. The number of rotatable bonds is 6. The van der Waals surface area contributed by atoms with Gasteiger partial charge in [0.1, 0.15) is 0 Å². The SMILES string of the molecule is CC(C)(C)NC(=O)COC(=O)C[C@@H](NC(N)=O)c1ccccc1Cl. The number of hydrogen-bond donors (Lipinski definition) is 3. The van der Waals surface area contributed by atoms with Gasteiger partial charge in [0.25, 0.3) is 5.91 Å². The number of ether oxygens (including phenoxy) is 1. The van der Waals surface area contributed by atoms with Gasteiger partial charge in [-0.25, -0.2) is 4.79 Å². The van der Waals surface area contributed by atoms with E-state index in [1.54, 1.807) is 24.3 Å². The van der Waals surface area contributed by atoms with Gasteiger partial charge < -0.3 is 21.1 Å². The molecule has 1 rings (SSSR count).